The Bertz CT molecular complexity index is 787. The van der Waals surface area contributed by atoms with Crippen molar-refractivity contribution < 1.29 is 9.13 Å². The summed E-state index contributed by atoms with van der Waals surface area (Å²) < 4.78 is 20.0. The number of ether oxygens (including phenoxy) is 1. The van der Waals surface area contributed by atoms with E-state index in [2.05, 4.69) is 15.2 Å². The molecule has 142 valence electrons. The van der Waals surface area contributed by atoms with E-state index in [1.165, 1.54) is 6.07 Å². The molecule has 0 spiro atoms. The normalized spacial score (nSPS) is 23.2. The molecule has 0 aromatic heterocycles. The van der Waals surface area contributed by atoms with Gasteiger partial charge in [0.15, 0.2) is 5.96 Å². The highest BCUT2D eigenvalue weighted by molar-refractivity contribution is 5.80. The number of rotatable bonds is 4. The maximum absolute atomic E-state index is 14.0. The maximum atomic E-state index is 14.0. The van der Waals surface area contributed by atoms with Gasteiger partial charge in [-0.05, 0) is 30.2 Å². The molecule has 2 aliphatic rings. The van der Waals surface area contributed by atoms with Crippen molar-refractivity contribution in [1.29, 1.82) is 0 Å². The molecule has 1 aliphatic heterocycles. The van der Waals surface area contributed by atoms with Gasteiger partial charge >= 0.3 is 0 Å². The minimum atomic E-state index is -0.110. The van der Waals surface area contributed by atoms with Crippen LogP contribution >= 0.6 is 0 Å². The molecule has 4 rings (SSSR count). The Labute approximate surface area is 160 Å². The third kappa shape index (κ3) is 4.24. The molecule has 2 fully saturated rings. The first-order valence-corrected chi connectivity index (χ1v) is 9.69. The summed E-state index contributed by atoms with van der Waals surface area (Å²) in [6.45, 7) is 1.82. The number of para-hydroxylation sites is 1. The van der Waals surface area contributed by atoms with Crippen molar-refractivity contribution in [3.05, 3.63) is 66.0 Å². The second-order valence-electron chi connectivity index (χ2n) is 7.28. The summed E-state index contributed by atoms with van der Waals surface area (Å²) in [7, 11) is 1.81. The summed E-state index contributed by atoms with van der Waals surface area (Å²) in [5, 5.41) is 3.52. The summed E-state index contributed by atoms with van der Waals surface area (Å²) in [5.41, 5.74) is 0.806. The molecule has 0 amide bonds. The van der Waals surface area contributed by atoms with Gasteiger partial charge in [-0.15, -0.1) is 0 Å². The average Bonchev–Trinajstić information content (AvgIpc) is 3.47. The van der Waals surface area contributed by atoms with Crippen LogP contribution < -0.4 is 10.1 Å². The minimum absolute atomic E-state index is 0.110. The smallest absolute Gasteiger partial charge is 0.193 e. The van der Waals surface area contributed by atoms with E-state index in [4.69, 9.17) is 4.74 Å². The molecule has 1 saturated heterocycles. The zero-order valence-corrected chi connectivity index (χ0v) is 15.6. The fourth-order valence-electron chi connectivity index (χ4n) is 3.81. The summed E-state index contributed by atoms with van der Waals surface area (Å²) in [6.07, 6.45) is 3.13. The molecule has 1 heterocycles. The molecular weight excluding hydrogens is 341 g/mol. The molecule has 2 aromatic carbocycles. The number of benzene rings is 2. The molecule has 5 heteroatoms. The molecule has 2 atom stereocenters. The van der Waals surface area contributed by atoms with E-state index in [1.54, 1.807) is 6.07 Å². The first-order chi connectivity index (χ1) is 13.2. The highest BCUT2D eigenvalue weighted by atomic mass is 19.1. The van der Waals surface area contributed by atoms with Gasteiger partial charge in [-0.25, -0.2) is 4.39 Å². The van der Waals surface area contributed by atoms with Gasteiger partial charge in [-0.3, -0.25) is 4.99 Å². The number of hydrogen-bond acceptors (Lipinski definition) is 2. The first kappa shape index (κ1) is 17.8. The molecule has 2 aromatic rings. The van der Waals surface area contributed by atoms with Gasteiger partial charge in [0.25, 0.3) is 0 Å². The molecular formula is C22H26FN3O. The summed E-state index contributed by atoms with van der Waals surface area (Å²) in [5.74, 6) is 1.98. The number of nitrogens with zero attached hydrogens (tertiary/aromatic N) is 2. The highest BCUT2D eigenvalue weighted by Crippen LogP contribution is 2.42. The summed E-state index contributed by atoms with van der Waals surface area (Å²) >= 11 is 0. The van der Waals surface area contributed by atoms with E-state index in [1.807, 2.05) is 49.5 Å². The SMILES string of the molecule is CN=C(NC1CC1c1ccccc1F)N1CCC(Oc2ccccc2)CC1. The first-order valence-electron chi connectivity index (χ1n) is 9.69. The molecule has 4 nitrogen and oxygen atoms in total. The van der Waals surface area contributed by atoms with Gasteiger partial charge in [0, 0.05) is 44.9 Å². The largest absolute Gasteiger partial charge is 0.490 e. The van der Waals surface area contributed by atoms with Crippen molar-refractivity contribution in [3.63, 3.8) is 0 Å². The lowest BCUT2D eigenvalue weighted by atomic mass is 10.1. The lowest BCUT2D eigenvalue weighted by molar-refractivity contribution is 0.129. The Hall–Kier alpha value is -2.56. The zero-order chi connectivity index (χ0) is 18.6. The predicted molar refractivity (Wildman–Crippen MR) is 106 cm³/mol. The van der Waals surface area contributed by atoms with E-state index >= 15 is 0 Å². The number of hydrogen-bond donors (Lipinski definition) is 1. The van der Waals surface area contributed by atoms with E-state index in [0.717, 1.165) is 49.6 Å². The fraction of sp³-hybridized carbons (Fsp3) is 0.409. The van der Waals surface area contributed by atoms with Gasteiger partial charge in [-0.1, -0.05) is 36.4 Å². The van der Waals surface area contributed by atoms with Crippen LogP contribution in [0.1, 0.15) is 30.7 Å². The number of aliphatic imine (C=N–C) groups is 1. The van der Waals surface area contributed by atoms with Gasteiger partial charge in [0.1, 0.15) is 17.7 Å². The second kappa shape index (κ2) is 7.99. The monoisotopic (exact) mass is 367 g/mol. The van der Waals surface area contributed by atoms with Gasteiger partial charge in [0.2, 0.25) is 0 Å². The van der Waals surface area contributed by atoms with Crippen LogP contribution in [-0.2, 0) is 0 Å². The molecule has 1 N–H and O–H groups in total. The van der Waals surface area contributed by atoms with Crippen molar-refractivity contribution in [1.82, 2.24) is 10.2 Å². The highest BCUT2D eigenvalue weighted by Gasteiger charge is 2.41. The third-order valence-electron chi connectivity index (χ3n) is 5.41. The third-order valence-corrected chi connectivity index (χ3v) is 5.41. The lowest BCUT2D eigenvalue weighted by Gasteiger charge is -2.34. The van der Waals surface area contributed by atoms with Crippen LogP contribution in [-0.4, -0.2) is 43.1 Å². The van der Waals surface area contributed by atoms with E-state index in [-0.39, 0.29) is 23.9 Å². The van der Waals surface area contributed by atoms with E-state index < -0.39 is 0 Å². The van der Waals surface area contributed by atoms with Crippen LogP contribution in [0, 0.1) is 5.82 Å². The Morgan fingerprint density at radius 1 is 1.07 bits per heavy atom. The van der Waals surface area contributed by atoms with Crippen molar-refractivity contribution in [2.75, 3.05) is 20.1 Å². The molecule has 1 aliphatic carbocycles. The molecule has 0 bridgehead atoms. The van der Waals surface area contributed by atoms with Crippen LogP contribution in [0.5, 0.6) is 5.75 Å². The van der Waals surface area contributed by atoms with Crippen LogP contribution in [0.2, 0.25) is 0 Å². The number of likely N-dealkylation sites (tertiary alicyclic amines) is 1. The van der Waals surface area contributed by atoms with Crippen LogP contribution in [0.25, 0.3) is 0 Å². The number of nitrogens with one attached hydrogen (secondary N) is 1. The van der Waals surface area contributed by atoms with Crippen LogP contribution in [0.3, 0.4) is 0 Å². The van der Waals surface area contributed by atoms with E-state index in [9.17, 15) is 4.39 Å². The van der Waals surface area contributed by atoms with Crippen molar-refractivity contribution >= 4 is 5.96 Å². The molecule has 0 radical (unpaired) electrons. The Morgan fingerprint density at radius 2 is 1.78 bits per heavy atom. The Balaban J connectivity index is 1.28. The Kier molecular flexibility index (Phi) is 5.28. The standard InChI is InChI=1S/C22H26FN3O/c1-24-22(25-21-15-19(21)18-9-5-6-10-20(18)23)26-13-11-17(12-14-26)27-16-7-3-2-4-8-16/h2-10,17,19,21H,11-15H2,1H3,(H,24,25). The summed E-state index contributed by atoms with van der Waals surface area (Å²) in [6, 6.07) is 17.3. The molecule has 1 saturated carbocycles. The van der Waals surface area contributed by atoms with E-state index in [0.29, 0.717) is 0 Å². The van der Waals surface area contributed by atoms with Crippen molar-refractivity contribution in [2.24, 2.45) is 4.99 Å². The number of halogens is 1. The maximum Gasteiger partial charge on any atom is 0.193 e. The van der Waals surface area contributed by atoms with Crippen molar-refractivity contribution in [2.45, 2.75) is 37.3 Å². The second-order valence-corrected chi connectivity index (χ2v) is 7.28. The quantitative estimate of drug-likeness (QED) is 0.660. The predicted octanol–water partition coefficient (Wildman–Crippen LogP) is 3.80. The number of piperidine rings is 1. The Morgan fingerprint density at radius 3 is 2.48 bits per heavy atom. The minimum Gasteiger partial charge on any atom is -0.490 e. The average molecular weight is 367 g/mol. The van der Waals surface area contributed by atoms with Crippen LogP contribution in [0.15, 0.2) is 59.6 Å². The van der Waals surface area contributed by atoms with Gasteiger partial charge in [-0.2, -0.15) is 0 Å². The van der Waals surface area contributed by atoms with Gasteiger partial charge in [0.05, 0.1) is 0 Å². The number of guanidine groups is 1. The fourth-order valence-corrected chi connectivity index (χ4v) is 3.81. The van der Waals surface area contributed by atoms with Crippen molar-refractivity contribution in [3.8, 4) is 5.75 Å². The lowest BCUT2D eigenvalue weighted by Crippen LogP contribution is -2.48. The summed E-state index contributed by atoms with van der Waals surface area (Å²) in [4.78, 5) is 6.73. The van der Waals surface area contributed by atoms with Gasteiger partial charge < -0.3 is 15.0 Å². The zero-order valence-electron chi connectivity index (χ0n) is 15.6. The van der Waals surface area contributed by atoms with Crippen LogP contribution in [0.4, 0.5) is 4.39 Å². The topological polar surface area (TPSA) is 36.9 Å². The molecule has 2 unspecified atom stereocenters. The molecule has 27 heavy (non-hydrogen) atoms.